The smallest absolute Gasteiger partial charge is 0.221 e. The first-order valence-corrected chi connectivity index (χ1v) is 12.3. The van der Waals surface area contributed by atoms with Crippen molar-refractivity contribution in [3.8, 4) is 11.5 Å². The van der Waals surface area contributed by atoms with E-state index in [-0.39, 0.29) is 11.8 Å². The predicted molar refractivity (Wildman–Crippen MR) is 146 cm³/mol. The van der Waals surface area contributed by atoms with Crippen LogP contribution in [-0.2, 0) is 18.4 Å². The van der Waals surface area contributed by atoms with E-state index in [2.05, 4.69) is 34.3 Å². The molecule has 0 bridgehead atoms. The molecule has 0 aliphatic rings. The number of fused-ring (bicyclic) bond motifs is 1. The molecule has 36 heavy (non-hydrogen) atoms. The van der Waals surface area contributed by atoms with Gasteiger partial charge in [-0.05, 0) is 59.2 Å². The molecule has 5 heteroatoms. The summed E-state index contributed by atoms with van der Waals surface area (Å²) in [4.78, 5) is 13.2. The monoisotopic (exact) mass is 494 g/mol. The number of para-hydroxylation sites is 1. The third-order valence-electron chi connectivity index (χ3n) is 6.34. The summed E-state index contributed by atoms with van der Waals surface area (Å²) in [6.45, 7) is 0.502. The third-order valence-corrected chi connectivity index (χ3v) is 6.59. The van der Waals surface area contributed by atoms with Gasteiger partial charge in [-0.2, -0.15) is 0 Å². The van der Waals surface area contributed by atoms with Gasteiger partial charge in [0, 0.05) is 48.1 Å². The molecule has 1 amide bonds. The van der Waals surface area contributed by atoms with Crippen molar-refractivity contribution < 1.29 is 9.53 Å². The predicted octanol–water partition coefficient (Wildman–Crippen LogP) is 7.46. The number of aromatic nitrogens is 1. The lowest BCUT2D eigenvalue weighted by Crippen LogP contribution is -2.25. The van der Waals surface area contributed by atoms with Crippen molar-refractivity contribution in [2.24, 2.45) is 7.05 Å². The van der Waals surface area contributed by atoms with E-state index in [1.54, 1.807) is 12.1 Å². The number of rotatable bonds is 8. The molecule has 0 unspecified atom stereocenters. The maximum atomic E-state index is 13.2. The van der Waals surface area contributed by atoms with Gasteiger partial charge >= 0.3 is 0 Å². The number of ether oxygens (including phenoxy) is 1. The average Bonchev–Trinajstić information content (AvgIpc) is 3.24. The minimum absolute atomic E-state index is 0.000750. The standard InChI is InChI=1S/C31H27ClN2O2/c1-34-21-29(27-12-5-6-13-30(27)34)28(19-31(35)33-20-22-8-3-2-4-9-22)23-10-7-11-26(18-23)36-25-16-14-24(32)15-17-25/h2-18,21,28H,19-20H2,1H3,(H,33,35)/t28-/m1/s1. The Kier molecular flexibility index (Phi) is 7.06. The van der Waals surface area contributed by atoms with Crippen molar-refractivity contribution in [2.45, 2.75) is 18.9 Å². The molecule has 180 valence electrons. The summed E-state index contributed by atoms with van der Waals surface area (Å²) >= 11 is 6.02. The van der Waals surface area contributed by atoms with Crippen molar-refractivity contribution >= 4 is 28.4 Å². The highest BCUT2D eigenvalue weighted by Crippen LogP contribution is 2.36. The van der Waals surface area contributed by atoms with E-state index in [1.807, 2.05) is 79.8 Å². The van der Waals surface area contributed by atoms with Gasteiger partial charge in [-0.3, -0.25) is 4.79 Å². The van der Waals surface area contributed by atoms with Crippen LogP contribution in [0.25, 0.3) is 10.9 Å². The van der Waals surface area contributed by atoms with Crippen molar-refractivity contribution in [3.05, 3.63) is 131 Å². The highest BCUT2D eigenvalue weighted by Gasteiger charge is 2.23. The minimum atomic E-state index is -0.138. The zero-order valence-electron chi connectivity index (χ0n) is 20.0. The van der Waals surface area contributed by atoms with Crippen molar-refractivity contribution in [1.29, 1.82) is 0 Å². The fourth-order valence-electron chi connectivity index (χ4n) is 4.55. The Hall–Kier alpha value is -4.02. The second kappa shape index (κ2) is 10.7. The Balaban J connectivity index is 1.46. The number of carbonyl (C=O) groups is 1. The van der Waals surface area contributed by atoms with E-state index in [9.17, 15) is 4.79 Å². The van der Waals surface area contributed by atoms with Crippen LogP contribution >= 0.6 is 11.6 Å². The van der Waals surface area contributed by atoms with Crippen LogP contribution in [0.15, 0.2) is 109 Å². The van der Waals surface area contributed by atoms with Gasteiger partial charge in [-0.25, -0.2) is 0 Å². The molecule has 5 rings (SSSR count). The number of amides is 1. The summed E-state index contributed by atoms with van der Waals surface area (Å²) in [7, 11) is 2.04. The van der Waals surface area contributed by atoms with Crippen LogP contribution in [0.2, 0.25) is 5.02 Å². The second-order valence-electron chi connectivity index (χ2n) is 8.86. The number of nitrogens with zero attached hydrogens (tertiary/aromatic N) is 1. The minimum Gasteiger partial charge on any atom is -0.457 e. The molecule has 0 radical (unpaired) electrons. The Morgan fingerprint density at radius 1 is 0.889 bits per heavy atom. The average molecular weight is 495 g/mol. The van der Waals surface area contributed by atoms with Crippen LogP contribution in [0, 0.1) is 0 Å². The van der Waals surface area contributed by atoms with Gasteiger partial charge in [0.25, 0.3) is 0 Å². The molecule has 1 atom stereocenters. The highest BCUT2D eigenvalue weighted by atomic mass is 35.5. The first-order chi connectivity index (χ1) is 17.6. The SMILES string of the molecule is Cn1cc([C@H](CC(=O)NCc2ccccc2)c2cccc(Oc3ccc(Cl)cc3)c2)c2ccccc21. The molecule has 1 N–H and O–H groups in total. The summed E-state index contributed by atoms with van der Waals surface area (Å²) < 4.78 is 8.22. The topological polar surface area (TPSA) is 43.3 Å². The van der Waals surface area contributed by atoms with Gasteiger partial charge in [0.1, 0.15) is 11.5 Å². The molecule has 0 fully saturated rings. The van der Waals surface area contributed by atoms with Gasteiger partial charge in [0.2, 0.25) is 5.91 Å². The molecular weight excluding hydrogens is 468 g/mol. The van der Waals surface area contributed by atoms with Crippen molar-refractivity contribution in [2.75, 3.05) is 0 Å². The second-order valence-corrected chi connectivity index (χ2v) is 9.30. The molecule has 0 spiro atoms. The van der Waals surface area contributed by atoms with Crippen LogP contribution in [0.3, 0.4) is 0 Å². The Labute approximate surface area is 216 Å². The highest BCUT2D eigenvalue weighted by molar-refractivity contribution is 6.30. The maximum Gasteiger partial charge on any atom is 0.221 e. The first kappa shape index (κ1) is 23.7. The van der Waals surface area contributed by atoms with Gasteiger partial charge in [-0.15, -0.1) is 0 Å². The Bertz CT molecular complexity index is 1480. The molecule has 0 aliphatic carbocycles. The van der Waals surface area contributed by atoms with Crippen LogP contribution in [0.4, 0.5) is 0 Å². The van der Waals surface area contributed by atoms with E-state index in [0.717, 1.165) is 27.6 Å². The van der Waals surface area contributed by atoms with Gasteiger partial charge in [-0.1, -0.05) is 72.3 Å². The largest absolute Gasteiger partial charge is 0.457 e. The van der Waals surface area contributed by atoms with E-state index in [4.69, 9.17) is 16.3 Å². The Morgan fingerprint density at radius 2 is 1.64 bits per heavy atom. The number of aryl methyl sites for hydroxylation is 1. The lowest BCUT2D eigenvalue weighted by Gasteiger charge is -2.18. The summed E-state index contributed by atoms with van der Waals surface area (Å²) in [6.07, 6.45) is 2.46. The van der Waals surface area contributed by atoms with Crippen LogP contribution in [0.1, 0.15) is 29.0 Å². The summed E-state index contributed by atoms with van der Waals surface area (Å²) in [5.41, 5.74) is 4.35. The molecule has 1 aromatic heterocycles. The van der Waals surface area contributed by atoms with E-state index >= 15 is 0 Å². The maximum absolute atomic E-state index is 13.2. The molecule has 1 heterocycles. The van der Waals surface area contributed by atoms with Gasteiger partial charge in [0.05, 0.1) is 0 Å². The van der Waals surface area contributed by atoms with E-state index in [1.165, 1.54) is 0 Å². The summed E-state index contributed by atoms with van der Waals surface area (Å²) in [6, 6.07) is 33.5. The zero-order chi connectivity index (χ0) is 24.9. The number of hydrogen-bond acceptors (Lipinski definition) is 2. The van der Waals surface area contributed by atoms with Gasteiger partial charge < -0.3 is 14.6 Å². The number of halogens is 1. The lowest BCUT2D eigenvalue weighted by atomic mass is 9.88. The number of carbonyl (C=O) groups excluding carboxylic acids is 1. The van der Waals surface area contributed by atoms with Crippen LogP contribution in [0.5, 0.6) is 11.5 Å². The fourth-order valence-corrected chi connectivity index (χ4v) is 4.67. The van der Waals surface area contributed by atoms with Crippen molar-refractivity contribution in [1.82, 2.24) is 9.88 Å². The zero-order valence-corrected chi connectivity index (χ0v) is 20.8. The molecule has 4 nitrogen and oxygen atoms in total. The molecule has 4 aromatic carbocycles. The number of benzene rings is 4. The Morgan fingerprint density at radius 3 is 2.44 bits per heavy atom. The molecule has 0 aliphatic heterocycles. The van der Waals surface area contributed by atoms with Crippen molar-refractivity contribution in [3.63, 3.8) is 0 Å². The summed E-state index contributed by atoms with van der Waals surface area (Å²) in [5, 5.41) is 4.90. The first-order valence-electron chi connectivity index (χ1n) is 11.9. The lowest BCUT2D eigenvalue weighted by molar-refractivity contribution is -0.121. The van der Waals surface area contributed by atoms with Gasteiger partial charge in [0.15, 0.2) is 0 Å². The molecule has 5 aromatic rings. The van der Waals surface area contributed by atoms with E-state index < -0.39 is 0 Å². The van der Waals surface area contributed by atoms with Crippen LogP contribution in [-0.4, -0.2) is 10.5 Å². The van der Waals surface area contributed by atoms with Crippen LogP contribution < -0.4 is 10.1 Å². The third kappa shape index (κ3) is 5.45. The molecule has 0 saturated carbocycles. The molecular formula is C31H27ClN2O2. The quantitative estimate of drug-likeness (QED) is 0.243. The number of nitrogens with one attached hydrogen (secondary N) is 1. The normalized spacial score (nSPS) is 11.8. The number of hydrogen-bond donors (Lipinski definition) is 1. The van der Waals surface area contributed by atoms with E-state index in [0.29, 0.717) is 29.5 Å². The molecule has 0 saturated heterocycles. The summed E-state index contributed by atoms with van der Waals surface area (Å²) in [5.74, 6) is 1.28. The fraction of sp³-hybridized carbons (Fsp3) is 0.129.